The number of esters is 1. The van der Waals surface area contributed by atoms with Crippen molar-refractivity contribution in [2.45, 2.75) is 20.0 Å². The molecule has 35 heavy (non-hydrogen) atoms. The summed E-state index contributed by atoms with van der Waals surface area (Å²) in [5.41, 5.74) is 1.91. The molecule has 1 atom stereocenters. The molecule has 1 aromatic heterocycles. The predicted molar refractivity (Wildman–Crippen MR) is 132 cm³/mol. The van der Waals surface area contributed by atoms with Crippen molar-refractivity contribution in [3.63, 3.8) is 0 Å². The SMILES string of the molecule is CCOC(=O)[C@H](Oc1ccc2c(=O)c(-c3ccc(OC)c(OC)c3)c(C)oc2c1)c1ccccc1. The number of ether oxygens (including phenoxy) is 4. The van der Waals surface area contributed by atoms with Crippen LogP contribution in [0.3, 0.4) is 0 Å². The van der Waals surface area contributed by atoms with Gasteiger partial charge < -0.3 is 23.4 Å². The first-order valence-corrected chi connectivity index (χ1v) is 11.1. The predicted octanol–water partition coefficient (Wildman–Crippen LogP) is 5.47. The number of hydrogen-bond acceptors (Lipinski definition) is 7. The van der Waals surface area contributed by atoms with Crippen molar-refractivity contribution < 1.29 is 28.2 Å². The van der Waals surface area contributed by atoms with Crippen LogP contribution in [0.25, 0.3) is 22.1 Å². The zero-order valence-corrected chi connectivity index (χ0v) is 20.0. The minimum atomic E-state index is -0.951. The standard InChI is InChI=1S/C28H26O7/c1-5-33-28(30)27(18-9-7-6-8-10-18)35-20-12-13-21-23(16-20)34-17(2)25(26(21)29)19-11-14-22(31-3)24(15-19)32-4/h6-16,27H,5H2,1-4H3/t27-/m1/s1. The Morgan fingerprint density at radius 1 is 0.943 bits per heavy atom. The van der Waals surface area contributed by atoms with Crippen molar-refractivity contribution in [2.24, 2.45) is 0 Å². The topological polar surface area (TPSA) is 84.2 Å². The second-order valence-corrected chi connectivity index (χ2v) is 7.75. The Hall–Kier alpha value is -4.26. The van der Waals surface area contributed by atoms with E-state index in [1.54, 1.807) is 69.5 Å². The first-order chi connectivity index (χ1) is 17.0. The zero-order chi connectivity index (χ0) is 24.9. The Morgan fingerprint density at radius 3 is 2.37 bits per heavy atom. The summed E-state index contributed by atoms with van der Waals surface area (Å²) in [5.74, 6) is 1.40. The number of benzene rings is 3. The molecule has 0 radical (unpaired) electrons. The van der Waals surface area contributed by atoms with Gasteiger partial charge in [0.05, 0.1) is 31.8 Å². The smallest absolute Gasteiger partial charge is 0.352 e. The van der Waals surface area contributed by atoms with Gasteiger partial charge in [0.2, 0.25) is 11.5 Å². The van der Waals surface area contributed by atoms with Crippen LogP contribution in [-0.2, 0) is 9.53 Å². The summed E-state index contributed by atoms with van der Waals surface area (Å²) < 4.78 is 27.9. The Bertz CT molecular complexity index is 1410. The van der Waals surface area contributed by atoms with Gasteiger partial charge in [0.1, 0.15) is 17.1 Å². The molecule has 7 heteroatoms. The minimum Gasteiger partial charge on any atom is -0.493 e. The Balaban J connectivity index is 1.74. The number of methoxy groups -OCH3 is 2. The molecular formula is C28H26O7. The second-order valence-electron chi connectivity index (χ2n) is 7.75. The highest BCUT2D eigenvalue weighted by atomic mass is 16.6. The molecule has 0 bridgehead atoms. The Morgan fingerprint density at radius 2 is 1.69 bits per heavy atom. The fourth-order valence-corrected chi connectivity index (χ4v) is 3.92. The molecule has 0 spiro atoms. The van der Waals surface area contributed by atoms with Gasteiger partial charge in [0, 0.05) is 11.6 Å². The van der Waals surface area contributed by atoms with Gasteiger partial charge in [0.15, 0.2) is 11.5 Å². The summed E-state index contributed by atoms with van der Waals surface area (Å²) in [6.45, 7) is 3.70. The van der Waals surface area contributed by atoms with E-state index in [0.717, 1.165) is 0 Å². The highest BCUT2D eigenvalue weighted by Crippen LogP contribution is 2.34. The molecule has 7 nitrogen and oxygen atoms in total. The van der Waals surface area contributed by atoms with Gasteiger partial charge in [-0.05, 0) is 43.7 Å². The van der Waals surface area contributed by atoms with Crippen molar-refractivity contribution in [1.82, 2.24) is 0 Å². The van der Waals surface area contributed by atoms with E-state index in [1.807, 2.05) is 18.2 Å². The van der Waals surface area contributed by atoms with E-state index < -0.39 is 12.1 Å². The number of aryl methyl sites for hydroxylation is 1. The third kappa shape index (κ3) is 4.84. The molecule has 0 N–H and O–H groups in total. The number of carbonyl (C=O) groups excluding carboxylic acids is 1. The van der Waals surface area contributed by atoms with E-state index in [4.69, 9.17) is 23.4 Å². The van der Waals surface area contributed by atoms with Crippen LogP contribution < -0.4 is 19.6 Å². The van der Waals surface area contributed by atoms with Crippen LogP contribution in [0.2, 0.25) is 0 Å². The lowest BCUT2D eigenvalue weighted by Gasteiger charge is -2.18. The summed E-state index contributed by atoms with van der Waals surface area (Å²) in [7, 11) is 3.09. The summed E-state index contributed by atoms with van der Waals surface area (Å²) in [5, 5.41) is 0.389. The summed E-state index contributed by atoms with van der Waals surface area (Å²) in [6, 6.07) is 19.2. The minimum absolute atomic E-state index is 0.187. The largest absolute Gasteiger partial charge is 0.493 e. The number of fused-ring (bicyclic) bond motifs is 1. The monoisotopic (exact) mass is 474 g/mol. The Labute approximate surface area is 202 Å². The van der Waals surface area contributed by atoms with Crippen LogP contribution >= 0.6 is 0 Å². The molecular weight excluding hydrogens is 448 g/mol. The first kappa shape index (κ1) is 23.9. The maximum atomic E-state index is 13.4. The average molecular weight is 475 g/mol. The molecule has 3 aromatic carbocycles. The third-order valence-corrected chi connectivity index (χ3v) is 5.57. The van der Waals surface area contributed by atoms with E-state index >= 15 is 0 Å². The number of carbonyl (C=O) groups is 1. The average Bonchev–Trinajstić information content (AvgIpc) is 2.87. The maximum Gasteiger partial charge on any atom is 0.352 e. The lowest BCUT2D eigenvalue weighted by Crippen LogP contribution is -2.21. The molecule has 0 fully saturated rings. The van der Waals surface area contributed by atoms with Crippen LogP contribution in [0.5, 0.6) is 17.2 Å². The molecule has 1 heterocycles. The summed E-state index contributed by atoms with van der Waals surface area (Å²) in [6.07, 6.45) is -0.951. The molecule has 180 valence electrons. The van der Waals surface area contributed by atoms with Crippen LogP contribution in [0.15, 0.2) is 75.9 Å². The van der Waals surface area contributed by atoms with Gasteiger partial charge in [-0.2, -0.15) is 0 Å². The van der Waals surface area contributed by atoms with Gasteiger partial charge in [-0.25, -0.2) is 4.79 Å². The van der Waals surface area contributed by atoms with Crippen molar-refractivity contribution in [1.29, 1.82) is 0 Å². The van der Waals surface area contributed by atoms with Crippen LogP contribution in [0, 0.1) is 6.92 Å². The van der Waals surface area contributed by atoms with Gasteiger partial charge >= 0.3 is 5.97 Å². The molecule has 0 amide bonds. The molecule has 0 aliphatic carbocycles. The zero-order valence-electron chi connectivity index (χ0n) is 20.0. The van der Waals surface area contributed by atoms with Crippen molar-refractivity contribution in [2.75, 3.05) is 20.8 Å². The molecule has 0 aliphatic rings. The van der Waals surface area contributed by atoms with E-state index in [1.165, 1.54) is 7.11 Å². The summed E-state index contributed by atoms with van der Waals surface area (Å²) in [4.78, 5) is 26.0. The van der Waals surface area contributed by atoms with Gasteiger partial charge in [-0.3, -0.25) is 4.79 Å². The van der Waals surface area contributed by atoms with Gasteiger partial charge in [-0.1, -0.05) is 36.4 Å². The molecule has 0 aliphatic heterocycles. The van der Waals surface area contributed by atoms with Crippen LogP contribution in [0.1, 0.15) is 24.4 Å². The van der Waals surface area contributed by atoms with E-state index in [-0.39, 0.29) is 12.0 Å². The van der Waals surface area contributed by atoms with E-state index in [2.05, 4.69) is 0 Å². The molecule has 0 saturated carbocycles. The molecule has 0 unspecified atom stereocenters. The van der Waals surface area contributed by atoms with Gasteiger partial charge in [0.25, 0.3) is 0 Å². The highest BCUT2D eigenvalue weighted by molar-refractivity contribution is 5.84. The van der Waals surface area contributed by atoms with E-state index in [0.29, 0.717) is 50.7 Å². The normalized spacial score (nSPS) is 11.7. The molecule has 0 saturated heterocycles. The maximum absolute atomic E-state index is 13.4. The van der Waals surface area contributed by atoms with Crippen LogP contribution in [0.4, 0.5) is 0 Å². The van der Waals surface area contributed by atoms with Gasteiger partial charge in [-0.15, -0.1) is 0 Å². The Kier molecular flexibility index (Phi) is 7.06. The highest BCUT2D eigenvalue weighted by Gasteiger charge is 2.24. The lowest BCUT2D eigenvalue weighted by atomic mass is 10.0. The lowest BCUT2D eigenvalue weighted by molar-refractivity contribution is -0.151. The second kappa shape index (κ2) is 10.3. The third-order valence-electron chi connectivity index (χ3n) is 5.57. The van der Waals surface area contributed by atoms with Crippen LogP contribution in [-0.4, -0.2) is 26.8 Å². The van der Waals surface area contributed by atoms with Crippen molar-refractivity contribution in [3.8, 4) is 28.4 Å². The van der Waals surface area contributed by atoms with E-state index in [9.17, 15) is 9.59 Å². The van der Waals surface area contributed by atoms with Crippen molar-refractivity contribution in [3.05, 3.63) is 88.3 Å². The summed E-state index contributed by atoms with van der Waals surface area (Å²) >= 11 is 0. The first-order valence-electron chi connectivity index (χ1n) is 11.1. The number of hydrogen-bond donors (Lipinski definition) is 0. The van der Waals surface area contributed by atoms with Crippen molar-refractivity contribution >= 4 is 16.9 Å². The molecule has 4 aromatic rings. The number of rotatable bonds is 8. The fraction of sp³-hybridized carbons (Fsp3) is 0.214. The fourth-order valence-electron chi connectivity index (χ4n) is 3.92. The quantitative estimate of drug-likeness (QED) is 0.313. The molecule has 4 rings (SSSR count).